The molecule has 2 aromatic carbocycles. The lowest BCUT2D eigenvalue weighted by Gasteiger charge is -2.07. The lowest BCUT2D eigenvalue weighted by Crippen LogP contribution is -2.14. The van der Waals surface area contributed by atoms with Crippen molar-refractivity contribution in [3.63, 3.8) is 0 Å². The third-order valence-corrected chi connectivity index (χ3v) is 4.89. The van der Waals surface area contributed by atoms with Crippen LogP contribution in [0.15, 0.2) is 53.7 Å². The molecule has 27 heavy (non-hydrogen) atoms. The van der Waals surface area contributed by atoms with E-state index in [1.165, 1.54) is 29.5 Å². The number of halogens is 1. The summed E-state index contributed by atoms with van der Waals surface area (Å²) in [6.45, 7) is 2.57. The van der Waals surface area contributed by atoms with E-state index < -0.39 is 0 Å². The van der Waals surface area contributed by atoms with Crippen molar-refractivity contribution in [2.24, 2.45) is 7.05 Å². The van der Waals surface area contributed by atoms with Gasteiger partial charge in [0, 0.05) is 18.4 Å². The van der Waals surface area contributed by atoms with Crippen molar-refractivity contribution in [2.45, 2.75) is 18.6 Å². The van der Waals surface area contributed by atoms with Crippen LogP contribution in [-0.4, -0.2) is 26.4 Å². The van der Waals surface area contributed by atoms with Gasteiger partial charge in [0.2, 0.25) is 5.91 Å². The molecule has 0 fully saturated rings. The molecule has 0 saturated heterocycles. The van der Waals surface area contributed by atoms with E-state index in [0.29, 0.717) is 17.4 Å². The molecule has 0 spiro atoms. The van der Waals surface area contributed by atoms with Gasteiger partial charge in [0.25, 0.3) is 0 Å². The smallest absolute Gasteiger partial charge is 0.234 e. The molecule has 1 aromatic heterocycles. The summed E-state index contributed by atoms with van der Waals surface area (Å²) in [7, 11) is 1.86. The van der Waals surface area contributed by atoms with E-state index in [2.05, 4.69) is 20.8 Å². The van der Waals surface area contributed by atoms with Crippen LogP contribution in [0.5, 0.6) is 0 Å². The Hall–Kier alpha value is -2.87. The minimum Gasteiger partial charge on any atom is -0.378 e. The Morgan fingerprint density at radius 2 is 1.93 bits per heavy atom. The molecule has 0 radical (unpaired) electrons. The molecule has 0 unspecified atom stereocenters. The Labute approximate surface area is 161 Å². The summed E-state index contributed by atoms with van der Waals surface area (Å²) in [4.78, 5) is 12.0. The van der Waals surface area contributed by atoms with Gasteiger partial charge in [-0.15, -0.1) is 10.2 Å². The molecule has 1 amide bonds. The van der Waals surface area contributed by atoms with Crippen molar-refractivity contribution in [1.29, 1.82) is 0 Å². The lowest BCUT2D eigenvalue weighted by molar-refractivity contribution is -0.113. The first-order valence-corrected chi connectivity index (χ1v) is 9.37. The molecule has 140 valence electrons. The maximum Gasteiger partial charge on any atom is 0.234 e. The summed E-state index contributed by atoms with van der Waals surface area (Å²) < 4.78 is 15.0. The molecule has 0 aliphatic heterocycles. The molecule has 3 rings (SSSR count). The summed E-state index contributed by atoms with van der Waals surface area (Å²) in [6.07, 6.45) is 0. The normalized spacial score (nSPS) is 10.6. The Morgan fingerprint density at radius 1 is 1.15 bits per heavy atom. The highest BCUT2D eigenvalue weighted by Gasteiger charge is 2.12. The Kier molecular flexibility index (Phi) is 6.08. The summed E-state index contributed by atoms with van der Waals surface area (Å²) in [6, 6.07) is 13.9. The highest BCUT2D eigenvalue weighted by Crippen LogP contribution is 2.18. The maximum absolute atomic E-state index is 13.2. The Bertz CT molecular complexity index is 926. The van der Waals surface area contributed by atoms with Gasteiger partial charge in [0.15, 0.2) is 11.0 Å². The van der Waals surface area contributed by atoms with Gasteiger partial charge in [-0.2, -0.15) is 0 Å². The number of amides is 1. The van der Waals surface area contributed by atoms with E-state index in [0.717, 1.165) is 11.5 Å². The van der Waals surface area contributed by atoms with Gasteiger partial charge in [-0.05, 0) is 37.3 Å². The lowest BCUT2D eigenvalue weighted by atomic mass is 10.2. The second-order valence-electron chi connectivity index (χ2n) is 6.02. The van der Waals surface area contributed by atoms with Crippen LogP contribution in [0.1, 0.15) is 11.4 Å². The van der Waals surface area contributed by atoms with Crippen LogP contribution in [0.3, 0.4) is 0 Å². The molecule has 2 N–H and O–H groups in total. The van der Waals surface area contributed by atoms with Gasteiger partial charge in [-0.25, -0.2) is 4.39 Å². The highest BCUT2D eigenvalue weighted by molar-refractivity contribution is 7.99. The maximum atomic E-state index is 13.2. The first-order chi connectivity index (χ1) is 13.0. The summed E-state index contributed by atoms with van der Waals surface area (Å²) in [5.74, 6) is 0.310. The number of carbonyl (C=O) groups excluding carboxylic acids is 1. The van der Waals surface area contributed by atoms with Gasteiger partial charge < -0.3 is 15.2 Å². The zero-order chi connectivity index (χ0) is 19.2. The fourth-order valence-electron chi connectivity index (χ4n) is 2.37. The number of thioether (sulfide) groups is 1. The van der Waals surface area contributed by atoms with E-state index >= 15 is 0 Å². The average molecular weight is 385 g/mol. The number of aromatic nitrogens is 3. The van der Waals surface area contributed by atoms with Crippen LogP contribution >= 0.6 is 11.8 Å². The quantitative estimate of drug-likeness (QED) is 0.608. The molecule has 0 bridgehead atoms. The molecule has 0 saturated carbocycles. The van der Waals surface area contributed by atoms with Crippen LogP contribution in [-0.2, 0) is 18.4 Å². The first-order valence-electron chi connectivity index (χ1n) is 8.38. The number of anilines is 2. The van der Waals surface area contributed by atoms with Crippen molar-refractivity contribution < 1.29 is 9.18 Å². The molecule has 1 heterocycles. The van der Waals surface area contributed by atoms with E-state index in [1.54, 1.807) is 12.1 Å². The van der Waals surface area contributed by atoms with Gasteiger partial charge in [0.1, 0.15) is 5.82 Å². The molecule has 0 aliphatic carbocycles. The monoisotopic (exact) mass is 385 g/mol. The predicted molar refractivity (Wildman–Crippen MR) is 105 cm³/mol. The summed E-state index contributed by atoms with van der Waals surface area (Å²) in [5.41, 5.74) is 2.64. The molecular weight excluding hydrogens is 365 g/mol. The van der Waals surface area contributed by atoms with E-state index in [9.17, 15) is 9.18 Å². The number of nitrogens with zero attached hydrogens (tertiary/aromatic N) is 3. The summed E-state index contributed by atoms with van der Waals surface area (Å²) in [5, 5.41) is 14.9. The van der Waals surface area contributed by atoms with E-state index in [1.807, 2.05) is 42.8 Å². The third kappa shape index (κ3) is 5.30. The van der Waals surface area contributed by atoms with Gasteiger partial charge in [-0.3, -0.25) is 4.79 Å². The number of nitrogens with one attached hydrogen (secondary N) is 2. The fraction of sp³-hybridized carbons (Fsp3) is 0.211. The van der Waals surface area contributed by atoms with Gasteiger partial charge in [0.05, 0.1) is 12.3 Å². The number of hydrogen-bond donors (Lipinski definition) is 2. The van der Waals surface area contributed by atoms with Crippen LogP contribution in [0.2, 0.25) is 0 Å². The zero-order valence-corrected chi connectivity index (χ0v) is 15.9. The van der Waals surface area contributed by atoms with Crippen molar-refractivity contribution in [2.75, 3.05) is 16.4 Å². The van der Waals surface area contributed by atoms with Crippen molar-refractivity contribution in [3.8, 4) is 0 Å². The largest absolute Gasteiger partial charge is 0.378 e. The van der Waals surface area contributed by atoms with Crippen LogP contribution in [0.4, 0.5) is 15.8 Å². The first kappa shape index (κ1) is 18.9. The SMILES string of the molecule is Cc1ccc(NCc2nnc(SCC(=O)Nc3cccc(F)c3)n2C)cc1. The second kappa shape index (κ2) is 8.68. The zero-order valence-electron chi connectivity index (χ0n) is 15.1. The van der Waals surface area contributed by atoms with Crippen molar-refractivity contribution >= 4 is 29.0 Å². The van der Waals surface area contributed by atoms with Gasteiger partial charge >= 0.3 is 0 Å². The topological polar surface area (TPSA) is 71.8 Å². The van der Waals surface area contributed by atoms with Crippen molar-refractivity contribution in [3.05, 3.63) is 65.7 Å². The molecule has 3 aromatic rings. The van der Waals surface area contributed by atoms with Gasteiger partial charge in [-0.1, -0.05) is 35.5 Å². The van der Waals surface area contributed by atoms with E-state index in [-0.39, 0.29) is 17.5 Å². The summed E-state index contributed by atoms with van der Waals surface area (Å²) >= 11 is 1.28. The third-order valence-electron chi connectivity index (χ3n) is 3.87. The fourth-order valence-corrected chi connectivity index (χ4v) is 3.10. The van der Waals surface area contributed by atoms with E-state index in [4.69, 9.17) is 0 Å². The standard InChI is InChI=1S/C19H20FN5OS/c1-13-6-8-15(9-7-13)21-11-17-23-24-19(25(17)2)27-12-18(26)22-16-5-3-4-14(20)10-16/h3-10,21H,11-12H2,1-2H3,(H,22,26). The number of aryl methyl sites for hydroxylation is 1. The van der Waals surface area contributed by atoms with Crippen LogP contribution in [0.25, 0.3) is 0 Å². The molecule has 0 atom stereocenters. The number of hydrogen-bond acceptors (Lipinski definition) is 5. The molecule has 8 heteroatoms. The molecule has 6 nitrogen and oxygen atoms in total. The van der Waals surface area contributed by atoms with Crippen LogP contribution < -0.4 is 10.6 Å². The minimum absolute atomic E-state index is 0.161. The second-order valence-corrected chi connectivity index (χ2v) is 6.97. The predicted octanol–water partition coefficient (Wildman–Crippen LogP) is 3.61. The molecular formula is C19H20FN5OS. The highest BCUT2D eigenvalue weighted by atomic mass is 32.2. The van der Waals surface area contributed by atoms with Crippen LogP contribution in [0, 0.1) is 12.7 Å². The average Bonchev–Trinajstić information content (AvgIpc) is 2.99. The van der Waals surface area contributed by atoms with Crippen molar-refractivity contribution in [1.82, 2.24) is 14.8 Å². The number of rotatable bonds is 7. The Balaban J connectivity index is 1.52. The number of benzene rings is 2. The number of carbonyl (C=O) groups is 1. The Morgan fingerprint density at radius 3 is 2.67 bits per heavy atom. The minimum atomic E-state index is -0.389. The molecule has 0 aliphatic rings.